The van der Waals surface area contributed by atoms with Crippen LogP contribution in [0.2, 0.25) is 0 Å². The van der Waals surface area contributed by atoms with E-state index in [1.54, 1.807) is 0 Å². The highest BCUT2D eigenvalue weighted by atomic mass is 16.5. The summed E-state index contributed by atoms with van der Waals surface area (Å²) in [4.78, 5) is 46.7. The lowest BCUT2D eigenvalue weighted by Crippen LogP contribution is -2.47. The summed E-state index contributed by atoms with van der Waals surface area (Å²) in [5.74, 6) is -2.28. The van der Waals surface area contributed by atoms with Crippen LogP contribution in [0, 0.1) is 0 Å². The van der Waals surface area contributed by atoms with Crippen LogP contribution < -0.4 is 11.2 Å². The lowest BCUT2D eigenvalue weighted by molar-refractivity contribution is -0.137. The molecule has 0 amide bonds. The zero-order valence-electron chi connectivity index (χ0n) is 10.6. The Morgan fingerprint density at radius 3 is 2.70 bits per heavy atom. The predicted octanol–water partition coefficient (Wildman–Crippen LogP) is -1.59. The second-order valence-corrected chi connectivity index (χ2v) is 4.09. The fourth-order valence-electron chi connectivity index (χ4n) is 2.03. The van der Waals surface area contributed by atoms with Gasteiger partial charge in [-0.3, -0.25) is 14.2 Å². The van der Waals surface area contributed by atoms with Gasteiger partial charge in [0.25, 0.3) is 5.56 Å². The van der Waals surface area contributed by atoms with Crippen molar-refractivity contribution in [1.82, 2.24) is 9.13 Å². The molecule has 0 aromatic carbocycles. The van der Waals surface area contributed by atoms with Crippen molar-refractivity contribution >= 4 is 11.9 Å². The Balaban J connectivity index is 2.79. The highest BCUT2D eigenvalue weighted by molar-refractivity contribution is 5.90. The Labute approximate surface area is 112 Å². The summed E-state index contributed by atoms with van der Waals surface area (Å²) in [7, 11) is 1.09. The highest BCUT2D eigenvalue weighted by Crippen LogP contribution is 2.10. The largest absolute Gasteiger partial charge is 0.480 e. The van der Waals surface area contributed by atoms with Crippen molar-refractivity contribution in [3.8, 4) is 0 Å². The first-order valence-electron chi connectivity index (χ1n) is 5.71. The second-order valence-electron chi connectivity index (χ2n) is 4.09. The van der Waals surface area contributed by atoms with Crippen molar-refractivity contribution in [2.24, 2.45) is 0 Å². The molecule has 1 aliphatic rings. The fourth-order valence-corrected chi connectivity index (χ4v) is 2.03. The first-order chi connectivity index (χ1) is 9.47. The lowest BCUT2D eigenvalue weighted by Gasteiger charge is -2.21. The number of aliphatic carboxylic acids is 1. The Morgan fingerprint density at radius 1 is 1.40 bits per heavy atom. The molecule has 0 unspecified atom stereocenters. The number of hydrogen-bond donors (Lipinski definition) is 1. The summed E-state index contributed by atoms with van der Waals surface area (Å²) in [5, 5.41) is 8.76. The minimum absolute atomic E-state index is 0.0805. The van der Waals surface area contributed by atoms with Crippen molar-refractivity contribution in [2.75, 3.05) is 13.7 Å². The van der Waals surface area contributed by atoms with Gasteiger partial charge in [0.2, 0.25) is 0 Å². The number of carbonyl (C=O) groups excluding carboxylic acids is 1. The molecular weight excluding hydrogens is 272 g/mol. The fraction of sp³-hybridized carbons (Fsp3) is 0.455. The monoisotopic (exact) mass is 284 g/mol. The van der Waals surface area contributed by atoms with Gasteiger partial charge in [-0.2, -0.15) is 0 Å². The highest BCUT2D eigenvalue weighted by Gasteiger charge is 2.27. The molecule has 0 aliphatic carbocycles. The van der Waals surface area contributed by atoms with Gasteiger partial charge in [-0.1, -0.05) is 0 Å². The number of rotatable bonds is 3. The van der Waals surface area contributed by atoms with Crippen LogP contribution in [-0.4, -0.2) is 39.9 Å². The van der Waals surface area contributed by atoms with E-state index in [9.17, 15) is 19.2 Å². The smallest absolute Gasteiger partial charge is 0.345 e. The van der Waals surface area contributed by atoms with E-state index in [1.165, 1.54) is 4.57 Å². The van der Waals surface area contributed by atoms with Crippen molar-refractivity contribution < 1.29 is 24.2 Å². The number of methoxy groups -OCH3 is 1. The van der Waals surface area contributed by atoms with Crippen LogP contribution in [0.25, 0.3) is 0 Å². The third-order valence-electron chi connectivity index (χ3n) is 2.92. The number of carboxylic acids is 1. The number of carbonyl (C=O) groups is 2. The zero-order valence-corrected chi connectivity index (χ0v) is 10.6. The van der Waals surface area contributed by atoms with E-state index < -0.39 is 29.7 Å². The van der Waals surface area contributed by atoms with Gasteiger partial charge in [0.05, 0.1) is 32.6 Å². The number of aromatic nitrogens is 2. The lowest BCUT2D eigenvalue weighted by atomic mass is 10.2. The van der Waals surface area contributed by atoms with Gasteiger partial charge in [-0.05, 0) is 0 Å². The number of fused-ring (bicyclic) bond motifs is 1. The maximum absolute atomic E-state index is 12.1. The normalized spacial score (nSPS) is 13.7. The van der Waals surface area contributed by atoms with Crippen LogP contribution in [0.5, 0.6) is 0 Å². The first-order valence-corrected chi connectivity index (χ1v) is 5.71. The summed E-state index contributed by atoms with van der Waals surface area (Å²) >= 11 is 0. The molecule has 1 aromatic heterocycles. The van der Waals surface area contributed by atoms with Gasteiger partial charge >= 0.3 is 17.6 Å². The number of ether oxygens (including phenoxy) is 2. The third-order valence-corrected chi connectivity index (χ3v) is 2.92. The molecule has 0 atom stereocenters. The Bertz CT molecular complexity index is 685. The quantitative estimate of drug-likeness (QED) is 0.665. The maximum atomic E-state index is 12.1. The predicted molar refractivity (Wildman–Crippen MR) is 63.6 cm³/mol. The van der Waals surface area contributed by atoms with Crippen molar-refractivity contribution in [3.05, 3.63) is 32.1 Å². The Morgan fingerprint density at radius 2 is 2.10 bits per heavy atom. The standard InChI is InChI=1S/C11H12N2O7/c1-19-10(17)8-6-5-20-3-2-12(6)11(18)13(9(8)16)4-7(14)15/h2-5H2,1H3,(H,14,15). The van der Waals surface area contributed by atoms with Crippen LogP contribution in [0.15, 0.2) is 9.59 Å². The molecule has 20 heavy (non-hydrogen) atoms. The van der Waals surface area contributed by atoms with E-state index in [4.69, 9.17) is 9.84 Å². The molecule has 0 fully saturated rings. The van der Waals surface area contributed by atoms with Crippen LogP contribution in [0.4, 0.5) is 0 Å². The van der Waals surface area contributed by atoms with Crippen LogP contribution in [-0.2, 0) is 34.0 Å². The van der Waals surface area contributed by atoms with Gasteiger partial charge in [-0.25, -0.2) is 14.2 Å². The summed E-state index contributed by atoms with van der Waals surface area (Å²) < 4.78 is 11.3. The van der Waals surface area contributed by atoms with E-state index >= 15 is 0 Å². The molecule has 0 saturated carbocycles. The minimum atomic E-state index is -1.35. The van der Waals surface area contributed by atoms with Crippen molar-refractivity contribution in [3.63, 3.8) is 0 Å². The van der Waals surface area contributed by atoms with E-state index in [-0.39, 0.29) is 31.0 Å². The molecule has 1 aromatic rings. The maximum Gasteiger partial charge on any atom is 0.345 e. The van der Waals surface area contributed by atoms with E-state index in [2.05, 4.69) is 4.74 Å². The van der Waals surface area contributed by atoms with Crippen LogP contribution in [0.1, 0.15) is 16.1 Å². The third kappa shape index (κ3) is 2.23. The molecule has 0 spiro atoms. The number of nitrogens with zero attached hydrogens (tertiary/aromatic N) is 2. The molecule has 2 rings (SSSR count). The van der Waals surface area contributed by atoms with Gasteiger partial charge in [0.1, 0.15) is 12.1 Å². The molecule has 0 saturated heterocycles. The molecule has 2 heterocycles. The average Bonchev–Trinajstić information content (AvgIpc) is 2.43. The second kappa shape index (κ2) is 5.29. The van der Waals surface area contributed by atoms with Gasteiger partial charge < -0.3 is 14.6 Å². The Kier molecular flexibility index (Phi) is 3.70. The number of carboxylic acid groups (broad SMARTS) is 1. The summed E-state index contributed by atoms with van der Waals surface area (Å²) in [6.07, 6.45) is 0. The molecule has 0 bridgehead atoms. The molecule has 108 valence electrons. The summed E-state index contributed by atoms with van der Waals surface area (Å²) in [5.41, 5.74) is -2.02. The van der Waals surface area contributed by atoms with Crippen LogP contribution in [0.3, 0.4) is 0 Å². The zero-order chi connectivity index (χ0) is 14.9. The van der Waals surface area contributed by atoms with Gasteiger partial charge in [-0.15, -0.1) is 0 Å². The SMILES string of the molecule is COC(=O)c1c2n(c(=O)n(CC(=O)O)c1=O)CCOC2. The summed E-state index contributed by atoms with van der Waals surface area (Å²) in [6, 6.07) is 0. The van der Waals surface area contributed by atoms with E-state index in [0.29, 0.717) is 4.57 Å². The summed E-state index contributed by atoms with van der Waals surface area (Å²) in [6.45, 7) is -0.525. The van der Waals surface area contributed by atoms with E-state index in [1.807, 2.05) is 0 Å². The number of hydrogen-bond acceptors (Lipinski definition) is 6. The molecule has 9 heteroatoms. The first kappa shape index (κ1) is 14.0. The molecular formula is C11H12N2O7. The molecule has 0 radical (unpaired) electrons. The van der Waals surface area contributed by atoms with Crippen molar-refractivity contribution in [1.29, 1.82) is 0 Å². The average molecular weight is 284 g/mol. The van der Waals surface area contributed by atoms with Gasteiger partial charge in [0.15, 0.2) is 0 Å². The van der Waals surface area contributed by atoms with Gasteiger partial charge in [0, 0.05) is 0 Å². The number of esters is 1. The molecule has 1 aliphatic heterocycles. The topological polar surface area (TPSA) is 117 Å². The Hall–Kier alpha value is -2.42. The molecule has 9 nitrogen and oxygen atoms in total. The van der Waals surface area contributed by atoms with Crippen LogP contribution >= 0.6 is 0 Å². The molecule has 1 N–H and O–H groups in total. The van der Waals surface area contributed by atoms with E-state index in [0.717, 1.165) is 7.11 Å². The van der Waals surface area contributed by atoms with Crippen molar-refractivity contribution in [2.45, 2.75) is 19.7 Å². The minimum Gasteiger partial charge on any atom is -0.480 e.